The lowest BCUT2D eigenvalue weighted by atomic mass is 9.76. The molecule has 0 amide bonds. The lowest BCUT2D eigenvalue weighted by Gasteiger charge is -2.32. The van der Waals surface area contributed by atoms with Gasteiger partial charge in [-0.15, -0.1) is 24.0 Å². The summed E-state index contributed by atoms with van der Waals surface area (Å²) in [6, 6.07) is 8.47. The Kier molecular flexibility index (Phi) is 10.7. The van der Waals surface area contributed by atoms with Crippen LogP contribution in [0.3, 0.4) is 0 Å². The lowest BCUT2D eigenvalue weighted by Crippen LogP contribution is -2.47. The summed E-state index contributed by atoms with van der Waals surface area (Å²) in [5, 5.41) is 12.4. The molecule has 9 heteroatoms. The van der Waals surface area contributed by atoms with Gasteiger partial charge in [-0.05, 0) is 43.9 Å². The molecule has 0 fully saturated rings. The number of methoxy groups -OCH3 is 1. The summed E-state index contributed by atoms with van der Waals surface area (Å²) in [4.78, 5) is 9.57. The SMILES string of the molecule is CCNC(=NCC(CC)(CC)c1ccc(Cl)cc1)NC1CCc2nc(COC)nn2C1.I. The van der Waals surface area contributed by atoms with Crippen molar-refractivity contribution in [1.82, 2.24) is 25.4 Å². The number of nitrogens with zero attached hydrogens (tertiary/aromatic N) is 4. The van der Waals surface area contributed by atoms with E-state index in [2.05, 4.69) is 53.6 Å². The number of fused-ring (bicyclic) bond motifs is 1. The van der Waals surface area contributed by atoms with Crippen LogP contribution in [0.15, 0.2) is 29.3 Å². The summed E-state index contributed by atoms with van der Waals surface area (Å²) in [5.41, 5.74) is 1.28. The van der Waals surface area contributed by atoms with E-state index < -0.39 is 0 Å². The zero-order chi connectivity index (χ0) is 22.3. The predicted octanol–water partition coefficient (Wildman–Crippen LogP) is 4.32. The monoisotopic (exact) mass is 574 g/mol. The number of aryl methyl sites for hydroxylation is 1. The van der Waals surface area contributed by atoms with Crippen LogP contribution in [0.2, 0.25) is 5.02 Å². The molecule has 0 spiro atoms. The number of aliphatic imine (C=N–C) groups is 1. The summed E-state index contributed by atoms with van der Waals surface area (Å²) in [6.07, 6.45) is 3.93. The Morgan fingerprint density at radius 1 is 1.25 bits per heavy atom. The van der Waals surface area contributed by atoms with Gasteiger partial charge in [0.05, 0.1) is 13.1 Å². The van der Waals surface area contributed by atoms with Gasteiger partial charge in [0.25, 0.3) is 0 Å². The van der Waals surface area contributed by atoms with Crippen LogP contribution in [-0.4, -0.2) is 47.0 Å². The number of hydrogen-bond donors (Lipinski definition) is 2. The van der Waals surface area contributed by atoms with Crippen molar-refractivity contribution in [2.45, 2.75) is 71.1 Å². The Balaban J connectivity index is 0.00000363. The van der Waals surface area contributed by atoms with Crippen LogP contribution in [0.5, 0.6) is 0 Å². The van der Waals surface area contributed by atoms with Gasteiger partial charge in [-0.25, -0.2) is 9.67 Å². The fraction of sp³-hybridized carbons (Fsp3) is 0.609. The van der Waals surface area contributed by atoms with Gasteiger partial charge in [-0.3, -0.25) is 4.99 Å². The van der Waals surface area contributed by atoms with Crippen LogP contribution in [0.25, 0.3) is 0 Å². The van der Waals surface area contributed by atoms with Crippen molar-refractivity contribution in [1.29, 1.82) is 0 Å². The number of aromatic nitrogens is 3. The number of ether oxygens (including phenoxy) is 1. The Hall–Kier alpha value is -1.39. The van der Waals surface area contributed by atoms with Crippen molar-refractivity contribution >= 4 is 41.5 Å². The Morgan fingerprint density at radius 3 is 2.59 bits per heavy atom. The molecular formula is C23H36ClIN6O. The number of benzene rings is 1. The van der Waals surface area contributed by atoms with E-state index in [1.165, 1.54) is 5.56 Å². The molecule has 7 nitrogen and oxygen atoms in total. The molecule has 1 unspecified atom stereocenters. The maximum Gasteiger partial charge on any atom is 0.191 e. The first kappa shape index (κ1) is 26.9. The predicted molar refractivity (Wildman–Crippen MR) is 141 cm³/mol. The van der Waals surface area contributed by atoms with Crippen molar-refractivity contribution in [2.75, 3.05) is 20.2 Å². The highest BCUT2D eigenvalue weighted by molar-refractivity contribution is 14.0. The van der Waals surface area contributed by atoms with E-state index in [1.54, 1.807) is 7.11 Å². The maximum absolute atomic E-state index is 6.11. The quantitative estimate of drug-likeness (QED) is 0.265. The van der Waals surface area contributed by atoms with E-state index in [0.717, 1.165) is 67.9 Å². The van der Waals surface area contributed by atoms with E-state index in [0.29, 0.717) is 6.61 Å². The first-order valence-electron chi connectivity index (χ1n) is 11.3. The zero-order valence-electron chi connectivity index (χ0n) is 19.5. The summed E-state index contributed by atoms with van der Waals surface area (Å²) < 4.78 is 7.16. The molecular weight excluding hydrogens is 539 g/mol. The first-order chi connectivity index (χ1) is 15.0. The Labute approximate surface area is 213 Å². The van der Waals surface area contributed by atoms with Gasteiger partial charge in [0.1, 0.15) is 12.4 Å². The molecule has 32 heavy (non-hydrogen) atoms. The second-order valence-electron chi connectivity index (χ2n) is 8.13. The third-order valence-corrected chi connectivity index (χ3v) is 6.46. The molecule has 2 N–H and O–H groups in total. The van der Waals surface area contributed by atoms with Crippen molar-refractivity contribution in [2.24, 2.45) is 4.99 Å². The molecule has 178 valence electrons. The third-order valence-electron chi connectivity index (χ3n) is 6.21. The summed E-state index contributed by atoms with van der Waals surface area (Å²) in [5.74, 6) is 2.64. The van der Waals surface area contributed by atoms with Crippen molar-refractivity contribution in [3.05, 3.63) is 46.5 Å². The highest BCUT2D eigenvalue weighted by Crippen LogP contribution is 2.33. The second kappa shape index (κ2) is 12.7. The smallest absolute Gasteiger partial charge is 0.191 e. The molecule has 0 aliphatic carbocycles. The number of guanidine groups is 1. The fourth-order valence-electron chi connectivity index (χ4n) is 4.19. The van der Waals surface area contributed by atoms with Crippen LogP contribution >= 0.6 is 35.6 Å². The van der Waals surface area contributed by atoms with Crippen molar-refractivity contribution in [3.63, 3.8) is 0 Å². The molecule has 1 aliphatic rings. The van der Waals surface area contributed by atoms with E-state index >= 15 is 0 Å². The summed E-state index contributed by atoms with van der Waals surface area (Å²) >= 11 is 6.11. The molecule has 0 saturated carbocycles. The summed E-state index contributed by atoms with van der Waals surface area (Å²) in [7, 11) is 1.67. The zero-order valence-corrected chi connectivity index (χ0v) is 22.6. The molecule has 2 aromatic rings. The Bertz CT molecular complexity index is 866. The van der Waals surface area contributed by atoms with E-state index in [4.69, 9.17) is 21.3 Å². The molecule has 2 heterocycles. The fourth-order valence-corrected chi connectivity index (χ4v) is 4.32. The van der Waals surface area contributed by atoms with Gasteiger partial charge in [-0.1, -0.05) is 37.6 Å². The number of nitrogens with one attached hydrogen (secondary N) is 2. The van der Waals surface area contributed by atoms with E-state index in [-0.39, 0.29) is 35.4 Å². The van der Waals surface area contributed by atoms with Crippen LogP contribution in [0.1, 0.15) is 57.2 Å². The minimum absolute atomic E-state index is 0. The highest BCUT2D eigenvalue weighted by atomic mass is 127. The van der Waals surface area contributed by atoms with Crippen molar-refractivity contribution in [3.8, 4) is 0 Å². The van der Waals surface area contributed by atoms with Crippen molar-refractivity contribution < 1.29 is 4.74 Å². The first-order valence-corrected chi connectivity index (χ1v) is 11.6. The number of hydrogen-bond acceptors (Lipinski definition) is 4. The van der Waals surface area contributed by atoms with E-state index in [1.807, 2.05) is 16.8 Å². The van der Waals surface area contributed by atoms with Gasteiger partial charge in [-0.2, -0.15) is 5.10 Å². The average Bonchev–Trinajstić information content (AvgIpc) is 3.18. The second-order valence-corrected chi connectivity index (χ2v) is 8.57. The van der Waals surface area contributed by atoms with Crippen LogP contribution in [0.4, 0.5) is 0 Å². The maximum atomic E-state index is 6.11. The normalized spacial score (nSPS) is 16.3. The third kappa shape index (κ3) is 6.57. The van der Waals surface area contributed by atoms with E-state index in [9.17, 15) is 0 Å². The molecule has 0 bridgehead atoms. The molecule has 3 rings (SSSR count). The summed E-state index contributed by atoms with van der Waals surface area (Å²) in [6.45, 7) is 9.32. The molecule has 0 radical (unpaired) electrons. The molecule has 1 aromatic carbocycles. The minimum atomic E-state index is -0.00632. The molecule has 1 atom stereocenters. The van der Waals surface area contributed by atoms with Crippen LogP contribution in [-0.2, 0) is 29.7 Å². The topological polar surface area (TPSA) is 76.4 Å². The van der Waals surface area contributed by atoms with Gasteiger partial charge in [0.15, 0.2) is 11.8 Å². The standard InChI is InChI=1S/C23H35ClN6O.HI/c1-5-23(6-2,17-8-10-18(24)11-9-17)16-26-22(25-7-3)27-19-12-13-21-28-20(15-31-4)29-30(21)14-19;/h8-11,19H,5-7,12-16H2,1-4H3,(H2,25,26,27);1H. The average molecular weight is 575 g/mol. The largest absolute Gasteiger partial charge is 0.377 e. The Morgan fingerprint density at radius 2 is 1.97 bits per heavy atom. The van der Waals surface area contributed by atoms with Crippen LogP contribution < -0.4 is 10.6 Å². The van der Waals surface area contributed by atoms with Gasteiger partial charge in [0, 0.05) is 36.6 Å². The van der Waals surface area contributed by atoms with Gasteiger partial charge < -0.3 is 15.4 Å². The molecule has 1 aliphatic heterocycles. The lowest BCUT2D eigenvalue weighted by molar-refractivity contribution is 0.177. The minimum Gasteiger partial charge on any atom is -0.377 e. The number of halogens is 2. The highest BCUT2D eigenvalue weighted by Gasteiger charge is 2.29. The molecule has 1 aromatic heterocycles. The van der Waals surface area contributed by atoms with Gasteiger partial charge in [0.2, 0.25) is 0 Å². The number of rotatable bonds is 9. The van der Waals surface area contributed by atoms with Crippen LogP contribution in [0, 0.1) is 0 Å². The van der Waals surface area contributed by atoms with Gasteiger partial charge >= 0.3 is 0 Å². The molecule has 0 saturated heterocycles.